The molecule has 2 aromatic carbocycles. The molecule has 6 nitrogen and oxygen atoms in total. The first-order valence-electron chi connectivity index (χ1n) is 6.46. The fraction of sp³-hybridized carbons (Fsp3) is 0.125. The van der Waals surface area contributed by atoms with Crippen LogP contribution in [0.15, 0.2) is 48.5 Å². The number of nitro benzene ring substituents is 1. The fourth-order valence-electron chi connectivity index (χ4n) is 1.90. The fourth-order valence-corrected chi connectivity index (χ4v) is 1.90. The molecule has 6 heteroatoms. The van der Waals surface area contributed by atoms with Crippen molar-refractivity contribution in [1.82, 2.24) is 0 Å². The summed E-state index contributed by atoms with van der Waals surface area (Å²) in [6.07, 6.45) is -0.288. The lowest BCUT2D eigenvalue weighted by Gasteiger charge is -2.03. The maximum Gasteiger partial charge on any atom is 0.269 e. The molecular formula is C16H13NO5. The van der Waals surface area contributed by atoms with E-state index in [1.807, 2.05) is 0 Å². The topological polar surface area (TPSA) is 86.5 Å². The summed E-state index contributed by atoms with van der Waals surface area (Å²) < 4.78 is 5.00. The molecular weight excluding hydrogens is 286 g/mol. The largest absolute Gasteiger partial charge is 0.497 e. The van der Waals surface area contributed by atoms with Crippen LogP contribution in [0.5, 0.6) is 5.75 Å². The molecule has 0 atom stereocenters. The van der Waals surface area contributed by atoms with Gasteiger partial charge in [-0.1, -0.05) is 0 Å². The number of rotatable bonds is 6. The van der Waals surface area contributed by atoms with Crippen LogP contribution in [0.4, 0.5) is 5.69 Å². The normalized spacial score (nSPS) is 10.0. The zero-order valence-electron chi connectivity index (χ0n) is 11.8. The molecule has 0 aliphatic rings. The number of carbonyl (C=O) groups is 2. The number of carbonyl (C=O) groups excluding carboxylic acids is 2. The van der Waals surface area contributed by atoms with Gasteiger partial charge in [-0.2, -0.15) is 0 Å². The number of methoxy groups -OCH3 is 1. The third-order valence-electron chi connectivity index (χ3n) is 3.13. The standard InChI is InChI=1S/C16H13NO5/c1-22-14-8-4-12(5-9-14)16(19)10-15(18)11-2-6-13(7-3-11)17(20)21/h2-9H,10H2,1H3. The summed E-state index contributed by atoms with van der Waals surface area (Å²) in [6, 6.07) is 11.6. The second-order valence-electron chi connectivity index (χ2n) is 4.56. The molecule has 0 aliphatic carbocycles. The Kier molecular flexibility index (Phi) is 4.63. The van der Waals surface area contributed by atoms with Gasteiger partial charge in [0.25, 0.3) is 5.69 Å². The molecule has 22 heavy (non-hydrogen) atoms. The van der Waals surface area contributed by atoms with Crippen LogP contribution in [0, 0.1) is 10.1 Å². The Bertz CT molecular complexity index is 704. The number of ether oxygens (including phenoxy) is 1. The van der Waals surface area contributed by atoms with Crippen molar-refractivity contribution in [2.45, 2.75) is 6.42 Å². The molecule has 0 bridgehead atoms. The summed E-state index contributed by atoms with van der Waals surface area (Å²) in [6.45, 7) is 0. The van der Waals surface area contributed by atoms with Crippen molar-refractivity contribution in [2.75, 3.05) is 7.11 Å². The maximum absolute atomic E-state index is 12.0. The van der Waals surface area contributed by atoms with Gasteiger partial charge in [0.05, 0.1) is 18.5 Å². The first-order valence-corrected chi connectivity index (χ1v) is 6.46. The molecule has 0 spiro atoms. The summed E-state index contributed by atoms with van der Waals surface area (Å²) >= 11 is 0. The van der Waals surface area contributed by atoms with Crippen molar-refractivity contribution in [2.24, 2.45) is 0 Å². The first-order chi connectivity index (χ1) is 10.5. The number of nitrogens with zero attached hydrogens (tertiary/aromatic N) is 1. The van der Waals surface area contributed by atoms with Crippen molar-refractivity contribution < 1.29 is 19.2 Å². The molecule has 0 saturated carbocycles. The van der Waals surface area contributed by atoms with E-state index in [9.17, 15) is 19.7 Å². The highest BCUT2D eigenvalue weighted by Gasteiger charge is 2.15. The average Bonchev–Trinajstić information content (AvgIpc) is 2.54. The number of nitro groups is 1. The number of non-ortho nitro benzene ring substituents is 1. The molecule has 0 amide bonds. The van der Waals surface area contributed by atoms with Crippen LogP contribution in [-0.2, 0) is 0 Å². The SMILES string of the molecule is COc1ccc(C(=O)CC(=O)c2ccc([N+](=O)[O-])cc2)cc1. The zero-order valence-corrected chi connectivity index (χ0v) is 11.8. The van der Waals surface area contributed by atoms with E-state index in [1.165, 1.54) is 31.4 Å². The number of hydrogen-bond acceptors (Lipinski definition) is 5. The van der Waals surface area contributed by atoms with Crippen LogP contribution in [0.2, 0.25) is 0 Å². The van der Waals surface area contributed by atoms with Gasteiger partial charge in [0.1, 0.15) is 5.75 Å². The van der Waals surface area contributed by atoms with Crippen molar-refractivity contribution in [3.05, 3.63) is 69.8 Å². The van der Waals surface area contributed by atoms with Crippen LogP contribution in [0.1, 0.15) is 27.1 Å². The summed E-state index contributed by atoms with van der Waals surface area (Å²) in [5, 5.41) is 10.6. The van der Waals surface area contributed by atoms with Crippen LogP contribution in [0.25, 0.3) is 0 Å². The smallest absolute Gasteiger partial charge is 0.269 e. The molecule has 0 unspecified atom stereocenters. The predicted octanol–water partition coefficient (Wildman–Crippen LogP) is 3.06. The Balaban J connectivity index is 2.06. The molecule has 0 aliphatic heterocycles. The highest BCUT2D eigenvalue weighted by molar-refractivity contribution is 6.13. The predicted molar refractivity (Wildman–Crippen MR) is 79.4 cm³/mol. The van der Waals surface area contributed by atoms with E-state index in [2.05, 4.69) is 0 Å². The van der Waals surface area contributed by atoms with E-state index in [-0.39, 0.29) is 29.2 Å². The lowest BCUT2D eigenvalue weighted by atomic mass is 10.0. The van der Waals surface area contributed by atoms with Crippen LogP contribution < -0.4 is 4.74 Å². The minimum absolute atomic E-state index is 0.0990. The molecule has 2 rings (SSSR count). The molecule has 0 fully saturated rings. The average molecular weight is 299 g/mol. The van der Waals surface area contributed by atoms with Gasteiger partial charge in [-0.3, -0.25) is 19.7 Å². The molecule has 0 N–H and O–H groups in total. The van der Waals surface area contributed by atoms with Crippen molar-refractivity contribution in [3.63, 3.8) is 0 Å². The minimum atomic E-state index is -0.545. The monoisotopic (exact) mass is 299 g/mol. The lowest BCUT2D eigenvalue weighted by molar-refractivity contribution is -0.384. The van der Waals surface area contributed by atoms with Crippen LogP contribution >= 0.6 is 0 Å². The van der Waals surface area contributed by atoms with Crippen molar-refractivity contribution >= 4 is 17.3 Å². The van der Waals surface area contributed by atoms with Gasteiger partial charge >= 0.3 is 0 Å². The second kappa shape index (κ2) is 6.62. The lowest BCUT2D eigenvalue weighted by Crippen LogP contribution is -2.08. The molecule has 112 valence electrons. The van der Waals surface area contributed by atoms with E-state index in [0.717, 1.165) is 0 Å². The van der Waals surface area contributed by atoms with Gasteiger partial charge in [-0.05, 0) is 36.4 Å². The highest BCUT2D eigenvalue weighted by Crippen LogP contribution is 2.16. The van der Waals surface area contributed by atoms with E-state index in [4.69, 9.17) is 4.74 Å². The second-order valence-corrected chi connectivity index (χ2v) is 4.56. The summed E-state index contributed by atoms with van der Waals surface area (Å²) in [4.78, 5) is 34.1. The number of hydrogen-bond donors (Lipinski definition) is 0. The Morgan fingerprint density at radius 1 is 0.955 bits per heavy atom. The Hall–Kier alpha value is -3.02. The highest BCUT2D eigenvalue weighted by atomic mass is 16.6. The Morgan fingerprint density at radius 3 is 1.82 bits per heavy atom. The number of benzene rings is 2. The van der Waals surface area contributed by atoms with Gasteiger partial charge in [0.15, 0.2) is 11.6 Å². The van der Waals surface area contributed by atoms with Crippen molar-refractivity contribution in [3.8, 4) is 5.75 Å². The van der Waals surface area contributed by atoms with Crippen LogP contribution in [0.3, 0.4) is 0 Å². The summed E-state index contributed by atoms with van der Waals surface area (Å²) in [5.41, 5.74) is 0.585. The third kappa shape index (κ3) is 3.54. The van der Waals surface area contributed by atoms with E-state index < -0.39 is 4.92 Å². The third-order valence-corrected chi connectivity index (χ3v) is 3.13. The molecule has 0 saturated heterocycles. The minimum Gasteiger partial charge on any atom is -0.497 e. The molecule has 0 aromatic heterocycles. The van der Waals surface area contributed by atoms with Crippen LogP contribution in [-0.4, -0.2) is 23.6 Å². The van der Waals surface area contributed by atoms with E-state index >= 15 is 0 Å². The summed E-state index contributed by atoms with van der Waals surface area (Å²) in [5.74, 6) is -0.0695. The molecule has 2 aromatic rings. The number of Topliss-reactive ketones (excluding diaryl/α,β-unsaturated/α-hetero) is 2. The first kappa shape index (κ1) is 15.4. The van der Waals surface area contributed by atoms with E-state index in [1.54, 1.807) is 24.3 Å². The maximum atomic E-state index is 12.0. The number of ketones is 2. The summed E-state index contributed by atoms with van der Waals surface area (Å²) in [7, 11) is 1.52. The van der Waals surface area contributed by atoms with Gasteiger partial charge < -0.3 is 4.74 Å². The quantitative estimate of drug-likeness (QED) is 0.354. The van der Waals surface area contributed by atoms with Gasteiger partial charge in [-0.15, -0.1) is 0 Å². The van der Waals surface area contributed by atoms with Crippen molar-refractivity contribution in [1.29, 1.82) is 0 Å². The van der Waals surface area contributed by atoms with E-state index in [0.29, 0.717) is 11.3 Å². The Morgan fingerprint density at radius 2 is 1.41 bits per heavy atom. The Labute approximate surface area is 126 Å². The zero-order chi connectivity index (χ0) is 16.1. The van der Waals surface area contributed by atoms with Gasteiger partial charge in [0, 0.05) is 23.3 Å². The molecule has 0 heterocycles. The van der Waals surface area contributed by atoms with Gasteiger partial charge in [0.2, 0.25) is 0 Å². The van der Waals surface area contributed by atoms with Gasteiger partial charge in [-0.25, -0.2) is 0 Å². The molecule has 0 radical (unpaired) electrons.